The number of nitrogens with one attached hydrogen (secondary N) is 1. The van der Waals surface area contributed by atoms with Gasteiger partial charge in [-0.1, -0.05) is 0 Å². The molecule has 2 aliphatic rings. The van der Waals surface area contributed by atoms with Crippen LogP contribution in [0.1, 0.15) is 19.8 Å². The molecule has 4 heteroatoms. The molecule has 1 saturated carbocycles. The van der Waals surface area contributed by atoms with E-state index in [4.69, 9.17) is 9.47 Å². The van der Waals surface area contributed by atoms with Crippen LogP contribution >= 0.6 is 0 Å². The van der Waals surface area contributed by atoms with Crippen LogP contribution in [0.2, 0.25) is 0 Å². The third-order valence-electron chi connectivity index (χ3n) is 3.21. The van der Waals surface area contributed by atoms with Gasteiger partial charge in [0.15, 0.2) is 0 Å². The first-order chi connectivity index (χ1) is 6.72. The zero-order chi connectivity index (χ0) is 10.2. The number of ether oxygens (including phenoxy) is 2. The monoisotopic (exact) mass is 199 g/mol. The highest BCUT2D eigenvalue weighted by Crippen LogP contribution is 2.54. The summed E-state index contributed by atoms with van der Waals surface area (Å²) < 4.78 is 10.1. The van der Waals surface area contributed by atoms with Crippen molar-refractivity contribution in [1.29, 1.82) is 0 Å². The van der Waals surface area contributed by atoms with E-state index in [0.29, 0.717) is 12.6 Å². The maximum atomic E-state index is 11.4. The number of fused-ring (bicyclic) bond motifs is 1. The summed E-state index contributed by atoms with van der Waals surface area (Å²) in [6, 6.07) is 0.362. The van der Waals surface area contributed by atoms with Crippen molar-refractivity contribution in [2.45, 2.75) is 31.8 Å². The fourth-order valence-electron chi connectivity index (χ4n) is 2.42. The van der Waals surface area contributed by atoms with Crippen LogP contribution in [0.4, 0.5) is 0 Å². The second kappa shape index (κ2) is 3.51. The van der Waals surface area contributed by atoms with Crippen molar-refractivity contribution in [3.05, 3.63) is 0 Å². The molecule has 1 saturated heterocycles. The number of methoxy groups -OCH3 is 1. The third kappa shape index (κ3) is 1.53. The fourth-order valence-corrected chi connectivity index (χ4v) is 2.42. The second-order valence-electron chi connectivity index (χ2n) is 4.23. The van der Waals surface area contributed by atoms with E-state index in [9.17, 15) is 4.79 Å². The highest BCUT2D eigenvalue weighted by atomic mass is 16.5. The number of rotatable bonds is 4. The minimum atomic E-state index is -0.116. The van der Waals surface area contributed by atoms with E-state index in [1.165, 1.54) is 0 Å². The van der Waals surface area contributed by atoms with Gasteiger partial charge in [-0.3, -0.25) is 4.79 Å². The predicted octanol–water partition coefficient (Wildman–Crippen LogP) is 0.317. The van der Waals surface area contributed by atoms with Crippen LogP contribution in [0, 0.1) is 5.41 Å². The van der Waals surface area contributed by atoms with Crippen molar-refractivity contribution in [3.63, 3.8) is 0 Å². The molecular formula is C10H17NO3. The van der Waals surface area contributed by atoms with Crippen molar-refractivity contribution >= 4 is 5.97 Å². The van der Waals surface area contributed by atoms with Crippen molar-refractivity contribution in [2.75, 3.05) is 20.3 Å². The summed E-state index contributed by atoms with van der Waals surface area (Å²) in [5, 5.41) is 3.28. The molecule has 3 atom stereocenters. The molecule has 1 N–H and O–H groups in total. The molecule has 4 nitrogen and oxygen atoms in total. The van der Waals surface area contributed by atoms with Gasteiger partial charge >= 0.3 is 5.97 Å². The van der Waals surface area contributed by atoms with Crippen molar-refractivity contribution in [3.8, 4) is 0 Å². The molecule has 0 unspecified atom stereocenters. The zero-order valence-corrected chi connectivity index (χ0v) is 8.71. The van der Waals surface area contributed by atoms with Crippen LogP contribution < -0.4 is 5.32 Å². The number of hydrogen-bond acceptors (Lipinski definition) is 4. The van der Waals surface area contributed by atoms with Crippen LogP contribution in [0.3, 0.4) is 0 Å². The molecule has 80 valence electrons. The summed E-state index contributed by atoms with van der Waals surface area (Å²) in [4.78, 5) is 11.4. The van der Waals surface area contributed by atoms with Gasteiger partial charge in [0.1, 0.15) is 6.04 Å². The molecule has 14 heavy (non-hydrogen) atoms. The minimum Gasteiger partial charge on any atom is -0.465 e. The summed E-state index contributed by atoms with van der Waals surface area (Å²) in [7, 11) is 1.71. The third-order valence-corrected chi connectivity index (χ3v) is 3.21. The Balaban J connectivity index is 1.87. The summed E-state index contributed by atoms with van der Waals surface area (Å²) in [5.41, 5.74) is 0.228. The molecule has 0 aromatic carbocycles. The molecule has 0 radical (unpaired) electrons. The Morgan fingerprint density at radius 2 is 2.36 bits per heavy atom. The lowest BCUT2D eigenvalue weighted by atomic mass is 10.0. The first kappa shape index (κ1) is 9.93. The number of esters is 1. The van der Waals surface area contributed by atoms with Gasteiger partial charge < -0.3 is 14.8 Å². The van der Waals surface area contributed by atoms with E-state index in [1.54, 1.807) is 7.11 Å². The fraction of sp³-hybridized carbons (Fsp3) is 0.900. The van der Waals surface area contributed by atoms with Gasteiger partial charge in [0, 0.05) is 18.6 Å². The SMILES string of the molecule is CCOC(=O)[C@@H]1C[C@]2(COC)C[C@@H]2N1. The first-order valence-corrected chi connectivity index (χ1v) is 5.13. The first-order valence-electron chi connectivity index (χ1n) is 5.13. The topological polar surface area (TPSA) is 47.6 Å². The number of carbonyl (C=O) groups excluding carboxylic acids is 1. The number of carbonyl (C=O) groups is 1. The van der Waals surface area contributed by atoms with Gasteiger partial charge in [-0.2, -0.15) is 0 Å². The average Bonchev–Trinajstić information content (AvgIpc) is 2.69. The van der Waals surface area contributed by atoms with Crippen LogP contribution in [-0.4, -0.2) is 38.4 Å². The maximum Gasteiger partial charge on any atom is 0.323 e. The maximum absolute atomic E-state index is 11.4. The molecule has 0 spiro atoms. The van der Waals surface area contributed by atoms with Gasteiger partial charge in [0.25, 0.3) is 0 Å². The Morgan fingerprint density at radius 3 is 3.00 bits per heavy atom. The highest BCUT2D eigenvalue weighted by molar-refractivity contribution is 5.77. The number of hydrogen-bond donors (Lipinski definition) is 1. The van der Waals surface area contributed by atoms with E-state index < -0.39 is 0 Å². The van der Waals surface area contributed by atoms with E-state index in [-0.39, 0.29) is 17.4 Å². The van der Waals surface area contributed by atoms with Crippen molar-refractivity contribution < 1.29 is 14.3 Å². The Kier molecular flexibility index (Phi) is 2.49. The molecule has 1 heterocycles. The summed E-state index contributed by atoms with van der Waals surface area (Å²) in [6.45, 7) is 3.04. The lowest BCUT2D eigenvalue weighted by Gasteiger charge is -2.14. The molecular weight excluding hydrogens is 182 g/mol. The van der Waals surface area contributed by atoms with Gasteiger partial charge in [0.2, 0.25) is 0 Å². The van der Waals surface area contributed by atoms with Crippen molar-refractivity contribution in [1.82, 2.24) is 5.32 Å². The lowest BCUT2D eigenvalue weighted by molar-refractivity contribution is -0.145. The van der Waals surface area contributed by atoms with E-state index in [1.807, 2.05) is 6.92 Å². The smallest absolute Gasteiger partial charge is 0.323 e. The largest absolute Gasteiger partial charge is 0.465 e. The Morgan fingerprint density at radius 1 is 1.57 bits per heavy atom. The molecule has 0 aromatic rings. The summed E-state index contributed by atoms with van der Waals surface area (Å²) in [6.07, 6.45) is 2.00. The summed E-state index contributed by atoms with van der Waals surface area (Å²) in [5.74, 6) is -0.116. The van der Waals surface area contributed by atoms with E-state index in [2.05, 4.69) is 5.32 Å². The van der Waals surface area contributed by atoms with Crippen LogP contribution in [-0.2, 0) is 14.3 Å². The minimum absolute atomic E-state index is 0.108. The zero-order valence-electron chi connectivity index (χ0n) is 8.71. The standard InChI is InChI=1S/C10H17NO3/c1-3-14-9(12)7-4-10(6-13-2)5-8(10)11-7/h7-8,11H,3-6H2,1-2H3/t7-,8-,10+/m0/s1. The van der Waals surface area contributed by atoms with E-state index >= 15 is 0 Å². The summed E-state index contributed by atoms with van der Waals surface area (Å²) >= 11 is 0. The van der Waals surface area contributed by atoms with Gasteiger partial charge in [-0.15, -0.1) is 0 Å². The highest BCUT2D eigenvalue weighted by Gasteiger charge is 2.61. The molecule has 0 bridgehead atoms. The van der Waals surface area contributed by atoms with Crippen molar-refractivity contribution in [2.24, 2.45) is 5.41 Å². The normalized spacial score (nSPS) is 39.3. The molecule has 0 aromatic heterocycles. The molecule has 1 aliphatic carbocycles. The van der Waals surface area contributed by atoms with Gasteiger partial charge in [0.05, 0.1) is 13.2 Å². The Hall–Kier alpha value is -0.610. The quantitative estimate of drug-likeness (QED) is 0.662. The van der Waals surface area contributed by atoms with Crippen LogP contribution in [0.25, 0.3) is 0 Å². The van der Waals surface area contributed by atoms with Crippen LogP contribution in [0.15, 0.2) is 0 Å². The van der Waals surface area contributed by atoms with E-state index in [0.717, 1.165) is 19.4 Å². The second-order valence-corrected chi connectivity index (χ2v) is 4.23. The van der Waals surface area contributed by atoms with Crippen LogP contribution in [0.5, 0.6) is 0 Å². The van der Waals surface area contributed by atoms with Gasteiger partial charge in [-0.25, -0.2) is 0 Å². The lowest BCUT2D eigenvalue weighted by Crippen LogP contribution is -2.35. The van der Waals surface area contributed by atoms with Gasteiger partial charge in [-0.05, 0) is 19.8 Å². The number of piperidine rings is 1. The molecule has 1 aliphatic heterocycles. The average molecular weight is 199 g/mol. The Labute approximate surface area is 84.0 Å². The predicted molar refractivity (Wildman–Crippen MR) is 50.9 cm³/mol. The molecule has 2 fully saturated rings. The molecule has 0 amide bonds. The Bertz CT molecular complexity index is 244. The molecule has 2 rings (SSSR count).